The highest BCUT2D eigenvalue weighted by atomic mass is 16.3. The van der Waals surface area contributed by atoms with Gasteiger partial charge in [0, 0.05) is 5.39 Å². The summed E-state index contributed by atoms with van der Waals surface area (Å²) in [6.45, 7) is 0. The van der Waals surface area contributed by atoms with Gasteiger partial charge in [0.25, 0.3) is 0 Å². The summed E-state index contributed by atoms with van der Waals surface area (Å²) >= 11 is 0. The molecular formula is C21H15O+. The largest absolute Gasteiger partial charge is 0.368 e. The maximum absolute atomic E-state index is 6.26. The molecule has 0 atom stereocenters. The summed E-state index contributed by atoms with van der Waals surface area (Å²) in [5.41, 5.74) is 2.18. The topological polar surface area (TPSA) is 11.3 Å². The van der Waals surface area contributed by atoms with E-state index in [1.165, 1.54) is 5.39 Å². The molecule has 0 aliphatic heterocycles. The standard InChI is InChI=1S/C21H15O/c1-3-9-16(10-4-1)20-15-18-13-7-8-14-19(18)21(22-20)17-11-5-2-6-12-17/h1-15H/q+1. The Morgan fingerprint density at radius 1 is 0.545 bits per heavy atom. The molecule has 1 nitrogen and oxygen atoms in total. The van der Waals surface area contributed by atoms with Crippen molar-refractivity contribution >= 4 is 10.8 Å². The Balaban J connectivity index is 2.02. The van der Waals surface area contributed by atoms with E-state index in [-0.39, 0.29) is 0 Å². The third-order valence-corrected chi connectivity index (χ3v) is 3.80. The van der Waals surface area contributed by atoms with Crippen molar-refractivity contribution in [3.63, 3.8) is 0 Å². The van der Waals surface area contributed by atoms with E-state index >= 15 is 0 Å². The van der Waals surface area contributed by atoms with Crippen LogP contribution in [-0.4, -0.2) is 0 Å². The molecule has 0 bridgehead atoms. The summed E-state index contributed by atoms with van der Waals surface area (Å²) in [7, 11) is 0. The molecule has 1 heteroatoms. The van der Waals surface area contributed by atoms with Crippen molar-refractivity contribution in [1.82, 2.24) is 0 Å². The molecule has 4 aromatic rings. The predicted octanol–water partition coefficient (Wildman–Crippen LogP) is 6.05. The van der Waals surface area contributed by atoms with Gasteiger partial charge in [-0.2, -0.15) is 0 Å². The highest BCUT2D eigenvalue weighted by Crippen LogP contribution is 2.33. The second-order valence-corrected chi connectivity index (χ2v) is 5.26. The van der Waals surface area contributed by atoms with Crippen molar-refractivity contribution in [3.05, 3.63) is 91.0 Å². The highest BCUT2D eigenvalue weighted by molar-refractivity contribution is 5.95. The molecular weight excluding hydrogens is 268 g/mol. The van der Waals surface area contributed by atoms with Gasteiger partial charge in [-0.3, -0.25) is 0 Å². The van der Waals surface area contributed by atoms with Crippen LogP contribution in [0.25, 0.3) is 33.4 Å². The zero-order valence-electron chi connectivity index (χ0n) is 12.1. The fourth-order valence-corrected chi connectivity index (χ4v) is 2.71. The van der Waals surface area contributed by atoms with Crippen LogP contribution >= 0.6 is 0 Å². The smallest absolute Gasteiger partial charge is 0.206 e. The average Bonchev–Trinajstić information content (AvgIpc) is 2.62. The molecule has 22 heavy (non-hydrogen) atoms. The molecule has 0 spiro atoms. The van der Waals surface area contributed by atoms with Crippen molar-refractivity contribution in [2.75, 3.05) is 0 Å². The second kappa shape index (κ2) is 5.45. The summed E-state index contributed by atoms with van der Waals surface area (Å²) < 4.78 is 6.26. The van der Waals surface area contributed by atoms with Crippen molar-refractivity contribution < 1.29 is 4.42 Å². The molecule has 0 radical (unpaired) electrons. The molecule has 0 aliphatic carbocycles. The van der Waals surface area contributed by atoms with Crippen LogP contribution in [0, 0.1) is 0 Å². The molecule has 4 rings (SSSR count). The minimum atomic E-state index is 0.887. The predicted molar refractivity (Wildman–Crippen MR) is 91.5 cm³/mol. The average molecular weight is 283 g/mol. The van der Waals surface area contributed by atoms with E-state index in [1.54, 1.807) is 0 Å². The molecule has 3 aromatic carbocycles. The summed E-state index contributed by atoms with van der Waals surface area (Å²) in [4.78, 5) is 0. The number of hydrogen-bond donors (Lipinski definition) is 0. The van der Waals surface area contributed by atoms with Gasteiger partial charge in [-0.05, 0) is 30.3 Å². The quantitative estimate of drug-likeness (QED) is 0.408. The van der Waals surface area contributed by atoms with Gasteiger partial charge in [0.05, 0.1) is 22.6 Å². The Morgan fingerprint density at radius 3 is 1.86 bits per heavy atom. The van der Waals surface area contributed by atoms with E-state index in [0.29, 0.717) is 0 Å². The SMILES string of the molecule is c1ccc(-c2cc3ccccc3c(-c3ccccc3)[o+]2)cc1. The van der Waals surface area contributed by atoms with E-state index in [9.17, 15) is 0 Å². The van der Waals surface area contributed by atoms with Crippen LogP contribution in [-0.2, 0) is 0 Å². The maximum atomic E-state index is 6.26. The van der Waals surface area contributed by atoms with Crippen LogP contribution in [0.1, 0.15) is 0 Å². The Hall–Kier alpha value is -2.93. The zero-order valence-corrected chi connectivity index (χ0v) is 12.1. The second-order valence-electron chi connectivity index (χ2n) is 5.26. The molecule has 104 valence electrons. The highest BCUT2D eigenvalue weighted by Gasteiger charge is 2.21. The van der Waals surface area contributed by atoms with Gasteiger partial charge in [-0.15, -0.1) is 0 Å². The minimum absolute atomic E-state index is 0.887. The lowest BCUT2D eigenvalue weighted by atomic mass is 10.0. The number of benzene rings is 3. The fraction of sp³-hybridized carbons (Fsp3) is 0. The number of hydrogen-bond acceptors (Lipinski definition) is 0. The first-order valence-corrected chi connectivity index (χ1v) is 7.38. The molecule has 0 unspecified atom stereocenters. The molecule has 0 amide bonds. The molecule has 0 saturated heterocycles. The van der Waals surface area contributed by atoms with Gasteiger partial charge >= 0.3 is 11.5 Å². The zero-order chi connectivity index (χ0) is 14.8. The Labute approximate surface area is 129 Å². The third-order valence-electron chi connectivity index (χ3n) is 3.80. The fourth-order valence-electron chi connectivity index (χ4n) is 2.71. The van der Waals surface area contributed by atoms with Gasteiger partial charge in [0.1, 0.15) is 0 Å². The number of rotatable bonds is 2. The maximum Gasteiger partial charge on any atom is 0.368 e. The summed E-state index contributed by atoms with van der Waals surface area (Å²) in [5.74, 6) is 1.80. The Morgan fingerprint density at radius 2 is 1.14 bits per heavy atom. The molecule has 0 saturated carbocycles. The van der Waals surface area contributed by atoms with Crippen LogP contribution in [0.15, 0.2) is 95.4 Å². The normalized spacial score (nSPS) is 10.7. The molecule has 0 fully saturated rings. The van der Waals surface area contributed by atoms with E-state index in [1.807, 2.05) is 42.5 Å². The van der Waals surface area contributed by atoms with Crippen molar-refractivity contribution in [3.8, 4) is 22.6 Å². The van der Waals surface area contributed by atoms with E-state index in [2.05, 4.69) is 48.5 Å². The van der Waals surface area contributed by atoms with Crippen molar-refractivity contribution in [1.29, 1.82) is 0 Å². The van der Waals surface area contributed by atoms with Crippen LogP contribution in [0.3, 0.4) is 0 Å². The van der Waals surface area contributed by atoms with E-state index in [4.69, 9.17) is 4.42 Å². The van der Waals surface area contributed by atoms with E-state index < -0.39 is 0 Å². The summed E-state index contributed by atoms with van der Waals surface area (Å²) in [5, 5.41) is 2.32. The van der Waals surface area contributed by atoms with Crippen LogP contribution < -0.4 is 0 Å². The van der Waals surface area contributed by atoms with Gasteiger partial charge in [-0.1, -0.05) is 54.6 Å². The lowest BCUT2D eigenvalue weighted by Crippen LogP contribution is -1.85. The van der Waals surface area contributed by atoms with Crippen molar-refractivity contribution in [2.24, 2.45) is 0 Å². The van der Waals surface area contributed by atoms with Crippen LogP contribution in [0.5, 0.6) is 0 Å². The lowest BCUT2D eigenvalue weighted by Gasteiger charge is -2.00. The van der Waals surface area contributed by atoms with Crippen LogP contribution in [0.4, 0.5) is 0 Å². The third kappa shape index (κ3) is 2.27. The van der Waals surface area contributed by atoms with Gasteiger partial charge < -0.3 is 0 Å². The first-order chi connectivity index (χ1) is 10.9. The first kappa shape index (κ1) is 12.8. The molecule has 1 aromatic heterocycles. The summed E-state index contributed by atoms with van der Waals surface area (Å²) in [6, 6.07) is 30.9. The molecule has 0 N–H and O–H groups in total. The first-order valence-electron chi connectivity index (χ1n) is 7.38. The Kier molecular flexibility index (Phi) is 3.17. The van der Waals surface area contributed by atoms with Crippen LogP contribution in [0.2, 0.25) is 0 Å². The number of fused-ring (bicyclic) bond motifs is 1. The minimum Gasteiger partial charge on any atom is -0.206 e. The van der Waals surface area contributed by atoms with Gasteiger partial charge in [0.2, 0.25) is 0 Å². The lowest BCUT2D eigenvalue weighted by molar-refractivity contribution is 0.588. The summed E-state index contributed by atoms with van der Waals surface area (Å²) in [6.07, 6.45) is 0. The molecule has 0 aliphatic rings. The van der Waals surface area contributed by atoms with Gasteiger partial charge in [-0.25, -0.2) is 4.42 Å². The molecule has 1 heterocycles. The van der Waals surface area contributed by atoms with E-state index in [0.717, 1.165) is 28.0 Å². The Bertz CT molecular complexity index is 912. The van der Waals surface area contributed by atoms with Gasteiger partial charge in [0.15, 0.2) is 0 Å². The monoisotopic (exact) mass is 283 g/mol. The van der Waals surface area contributed by atoms with Crippen molar-refractivity contribution in [2.45, 2.75) is 0 Å².